The summed E-state index contributed by atoms with van der Waals surface area (Å²) >= 11 is 0. The molecule has 0 saturated carbocycles. The molecule has 4 heteroatoms. The van der Waals surface area contributed by atoms with Crippen molar-refractivity contribution < 1.29 is 9.47 Å². The molecule has 1 unspecified atom stereocenters. The summed E-state index contributed by atoms with van der Waals surface area (Å²) < 4.78 is 11.7. The minimum absolute atomic E-state index is 0.243. The molecule has 0 bridgehead atoms. The Morgan fingerprint density at radius 1 is 1.07 bits per heavy atom. The maximum Gasteiger partial charge on any atom is 0.119 e. The predicted molar refractivity (Wildman–Crippen MR) is 111 cm³/mol. The van der Waals surface area contributed by atoms with Gasteiger partial charge in [-0.3, -0.25) is 4.90 Å². The van der Waals surface area contributed by atoms with E-state index in [0.717, 1.165) is 44.9 Å². The fourth-order valence-electron chi connectivity index (χ4n) is 3.96. The Bertz CT molecular complexity index is 544. The molecule has 2 saturated heterocycles. The molecule has 4 nitrogen and oxygen atoms in total. The molecule has 0 aliphatic carbocycles. The number of nitrogens with zero attached hydrogens (tertiary/aromatic N) is 2. The topological polar surface area (TPSA) is 24.9 Å². The zero-order valence-corrected chi connectivity index (χ0v) is 17.6. The van der Waals surface area contributed by atoms with Crippen LogP contribution in [-0.2, 0) is 10.2 Å². The van der Waals surface area contributed by atoms with E-state index in [0.29, 0.717) is 6.23 Å². The number of hydrogen-bond donors (Lipinski definition) is 0. The van der Waals surface area contributed by atoms with Crippen LogP contribution in [0, 0.1) is 0 Å². The molecule has 3 rings (SSSR count). The number of hydrogen-bond acceptors (Lipinski definition) is 4. The van der Waals surface area contributed by atoms with Crippen LogP contribution < -0.4 is 4.74 Å². The third-order valence-corrected chi connectivity index (χ3v) is 6.38. The Kier molecular flexibility index (Phi) is 7.57. The lowest BCUT2D eigenvalue weighted by Crippen LogP contribution is -2.50. The molecule has 1 aromatic rings. The van der Waals surface area contributed by atoms with Gasteiger partial charge in [0.1, 0.15) is 12.0 Å². The number of ether oxygens (including phenoxy) is 2. The summed E-state index contributed by atoms with van der Waals surface area (Å²) in [5.41, 5.74) is 1.63. The van der Waals surface area contributed by atoms with Crippen LogP contribution in [0.5, 0.6) is 5.75 Å². The normalized spacial score (nSPS) is 22.3. The van der Waals surface area contributed by atoms with Crippen LogP contribution in [0.3, 0.4) is 0 Å². The Morgan fingerprint density at radius 2 is 1.81 bits per heavy atom. The van der Waals surface area contributed by atoms with Crippen LogP contribution >= 0.6 is 0 Å². The maximum atomic E-state index is 5.94. The molecule has 2 fully saturated rings. The summed E-state index contributed by atoms with van der Waals surface area (Å²) in [5.74, 6) is 0.996. The zero-order valence-electron chi connectivity index (χ0n) is 17.6. The molecular formula is C23H38N2O2. The van der Waals surface area contributed by atoms with Gasteiger partial charge in [0.05, 0.1) is 6.61 Å². The molecule has 0 radical (unpaired) electrons. The van der Waals surface area contributed by atoms with Gasteiger partial charge in [-0.25, -0.2) is 0 Å². The van der Waals surface area contributed by atoms with E-state index in [1.807, 2.05) is 0 Å². The quantitative estimate of drug-likeness (QED) is 0.602. The van der Waals surface area contributed by atoms with E-state index in [9.17, 15) is 0 Å². The van der Waals surface area contributed by atoms with Gasteiger partial charge in [0.2, 0.25) is 0 Å². The predicted octanol–water partition coefficient (Wildman–Crippen LogP) is 4.29. The third-order valence-electron chi connectivity index (χ3n) is 6.38. The SMILES string of the molecule is CCC(C)(C)c1ccc(OCCCCN2CCN(C3CCCO3)CC2)cc1. The number of piperazine rings is 1. The highest BCUT2D eigenvalue weighted by molar-refractivity contribution is 5.31. The van der Waals surface area contributed by atoms with Crippen molar-refractivity contribution in [1.82, 2.24) is 9.80 Å². The van der Waals surface area contributed by atoms with Gasteiger partial charge in [-0.2, -0.15) is 0 Å². The van der Waals surface area contributed by atoms with E-state index in [2.05, 4.69) is 54.8 Å². The second-order valence-electron chi connectivity index (χ2n) is 8.66. The summed E-state index contributed by atoms with van der Waals surface area (Å²) in [7, 11) is 0. The van der Waals surface area contributed by atoms with Gasteiger partial charge in [0, 0.05) is 32.8 Å². The molecule has 2 aliphatic heterocycles. The molecule has 1 atom stereocenters. The lowest BCUT2D eigenvalue weighted by atomic mass is 9.82. The van der Waals surface area contributed by atoms with Gasteiger partial charge in [0.15, 0.2) is 0 Å². The highest BCUT2D eigenvalue weighted by Gasteiger charge is 2.26. The first-order chi connectivity index (χ1) is 13.1. The summed E-state index contributed by atoms with van der Waals surface area (Å²) in [6.07, 6.45) is 6.32. The van der Waals surface area contributed by atoms with E-state index in [4.69, 9.17) is 9.47 Å². The molecular weight excluding hydrogens is 336 g/mol. The maximum absolute atomic E-state index is 5.94. The Labute approximate surface area is 165 Å². The van der Waals surface area contributed by atoms with E-state index in [-0.39, 0.29) is 5.41 Å². The van der Waals surface area contributed by atoms with Crippen molar-refractivity contribution in [1.29, 1.82) is 0 Å². The highest BCUT2D eigenvalue weighted by Crippen LogP contribution is 2.28. The lowest BCUT2D eigenvalue weighted by molar-refractivity contribution is -0.0422. The first-order valence-corrected chi connectivity index (χ1v) is 10.9. The Hall–Kier alpha value is -1.10. The standard InChI is InChI=1S/C23H38N2O2/c1-4-23(2,3)20-9-11-21(12-10-20)26-18-6-5-13-24-14-16-25(17-15-24)22-8-7-19-27-22/h9-12,22H,4-8,13-19H2,1-3H3. The fourth-order valence-corrected chi connectivity index (χ4v) is 3.96. The molecule has 1 aromatic carbocycles. The van der Waals surface area contributed by atoms with Crippen LogP contribution in [0.15, 0.2) is 24.3 Å². The summed E-state index contributed by atoms with van der Waals surface area (Å²) in [4.78, 5) is 5.11. The Morgan fingerprint density at radius 3 is 2.44 bits per heavy atom. The van der Waals surface area contributed by atoms with Gasteiger partial charge < -0.3 is 14.4 Å². The lowest BCUT2D eigenvalue weighted by Gasteiger charge is -2.37. The van der Waals surface area contributed by atoms with Crippen molar-refractivity contribution in [3.63, 3.8) is 0 Å². The molecule has 152 valence electrons. The van der Waals surface area contributed by atoms with Crippen molar-refractivity contribution in [2.45, 2.75) is 64.5 Å². The van der Waals surface area contributed by atoms with Crippen LogP contribution in [-0.4, -0.2) is 62.0 Å². The monoisotopic (exact) mass is 374 g/mol. The average molecular weight is 375 g/mol. The van der Waals surface area contributed by atoms with E-state index in [1.165, 1.54) is 44.5 Å². The van der Waals surface area contributed by atoms with Gasteiger partial charge in [-0.1, -0.05) is 32.9 Å². The Balaban J connectivity index is 1.27. The number of rotatable bonds is 9. The van der Waals surface area contributed by atoms with Crippen LogP contribution in [0.25, 0.3) is 0 Å². The molecule has 0 amide bonds. The van der Waals surface area contributed by atoms with Gasteiger partial charge in [0.25, 0.3) is 0 Å². The van der Waals surface area contributed by atoms with Gasteiger partial charge >= 0.3 is 0 Å². The van der Waals surface area contributed by atoms with E-state index < -0.39 is 0 Å². The van der Waals surface area contributed by atoms with E-state index >= 15 is 0 Å². The molecule has 2 heterocycles. The smallest absolute Gasteiger partial charge is 0.119 e. The third kappa shape index (κ3) is 5.94. The van der Waals surface area contributed by atoms with Crippen molar-refractivity contribution in [2.75, 3.05) is 45.9 Å². The first-order valence-electron chi connectivity index (χ1n) is 10.9. The summed E-state index contributed by atoms with van der Waals surface area (Å²) in [6, 6.07) is 8.67. The minimum Gasteiger partial charge on any atom is -0.494 e. The molecule has 2 aliphatic rings. The second kappa shape index (κ2) is 9.90. The number of benzene rings is 1. The van der Waals surface area contributed by atoms with E-state index in [1.54, 1.807) is 0 Å². The number of unbranched alkanes of at least 4 members (excludes halogenated alkanes) is 1. The molecule has 0 N–H and O–H groups in total. The van der Waals surface area contributed by atoms with Crippen molar-refractivity contribution >= 4 is 0 Å². The summed E-state index contributed by atoms with van der Waals surface area (Å²) in [6.45, 7) is 14.4. The zero-order chi connectivity index (χ0) is 19.1. The first kappa shape index (κ1) is 20.6. The second-order valence-corrected chi connectivity index (χ2v) is 8.66. The van der Waals surface area contributed by atoms with Crippen molar-refractivity contribution in [3.8, 4) is 5.75 Å². The largest absolute Gasteiger partial charge is 0.494 e. The minimum atomic E-state index is 0.243. The van der Waals surface area contributed by atoms with Crippen molar-refractivity contribution in [3.05, 3.63) is 29.8 Å². The summed E-state index contributed by atoms with van der Waals surface area (Å²) in [5, 5.41) is 0. The fraction of sp³-hybridized carbons (Fsp3) is 0.739. The molecule has 27 heavy (non-hydrogen) atoms. The van der Waals surface area contributed by atoms with Crippen LogP contribution in [0.4, 0.5) is 0 Å². The molecule has 0 spiro atoms. The molecule has 0 aromatic heterocycles. The average Bonchev–Trinajstić information content (AvgIpc) is 3.23. The van der Waals surface area contributed by atoms with Crippen molar-refractivity contribution in [2.24, 2.45) is 0 Å². The van der Waals surface area contributed by atoms with Gasteiger partial charge in [-0.15, -0.1) is 0 Å². The van der Waals surface area contributed by atoms with Gasteiger partial charge in [-0.05, 0) is 61.8 Å². The van der Waals surface area contributed by atoms with Crippen LogP contribution in [0.1, 0.15) is 58.4 Å². The highest BCUT2D eigenvalue weighted by atomic mass is 16.5. The van der Waals surface area contributed by atoms with Crippen LogP contribution in [0.2, 0.25) is 0 Å².